The maximum Gasteiger partial charge on any atom is 0.275 e. The lowest BCUT2D eigenvalue weighted by Crippen LogP contribution is -2.44. The summed E-state index contributed by atoms with van der Waals surface area (Å²) in [7, 11) is 0. The topological polar surface area (TPSA) is 59.7 Å². The van der Waals surface area contributed by atoms with Gasteiger partial charge in [0, 0.05) is 24.8 Å². The van der Waals surface area contributed by atoms with E-state index in [1.165, 1.54) is 21.9 Å². The van der Waals surface area contributed by atoms with Crippen molar-refractivity contribution in [2.45, 2.75) is 39.5 Å². The second-order valence-electron chi connectivity index (χ2n) is 5.38. The van der Waals surface area contributed by atoms with E-state index in [0.717, 1.165) is 30.3 Å². The molecule has 7 heteroatoms. The van der Waals surface area contributed by atoms with E-state index in [2.05, 4.69) is 28.8 Å². The Hall–Kier alpha value is -1.31. The third kappa shape index (κ3) is 2.74. The zero-order valence-corrected chi connectivity index (χ0v) is 12.7. The third-order valence-corrected chi connectivity index (χ3v) is 4.16. The van der Waals surface area contributed by atoms with E-state index in [1.807, 2.05) is 6.92 Å². The van der Waals surface area contributed by atoms with Gasteiger partial charge in [0.05, 0.1) is 18.8 Å². The highest BCUT2D eigenvalue weighted by Crippen LogP contribution is 2.17. The van der Waals surface area contributed by atoms with Crippen molar-refractivity contribution in [3.05, 3.63) is 27.1 Å². The van der Waals surface area contributed by atoms with Crippen molar-refractivity contribution in [2.24, 2.45) is 0 Å². The van der Waals surface area contributed by atoms with Crippen LogP contribution in [0.2, 0.25) is 0 Å². The van der Waals surface area contributed by atoms with E-state index in [4.69, 9.17) is 4.74 Å². The van der Waals surface area contributed by atoms with Gasteiger partial charge in [-0.2, -0.15) is 9.61 Å². The summed E-state index contributed by atoms with van der Waals surface area (Å²) in [4.78, 5) is 19.2. The Bertz CT molecular complexity index is 671. The first-order valence-corrected chi connectivity index (χ1v) is 7.57. The fourth-order valence-corrected chi connectivity index (χ4v) is 3.62. The highest BCUT2D eigenvalue weighted by molar-refractivity contribution is 7.16. The summed E-state index contributed by atoms with van der Waals surface area (Å²) < 4.78 is 7.11. The summed E-state index contributed by atoms with van der Waals surface area (Å²) in [6.07, 6.45) is 0.465. The van der Waals surface area contributed by atoms with Crippen LogP contribution in [-0.2, 0) is 11.3 Å². The number of fused-ring (bicyclic) bond motifs is 1. The van der Waals surface area contributed by atoms with E-state index in [1.54, 1.807) is 0 Å². The predicted octanol–water partition coefficient (Wildman–Crippen LogP) is 1.07. The number of hydrogen-bond acceptors (Lipinski definition) is 6. The molecule has 1 saturated heterocycles. The molecular weight excluding hydrogens is 276 g/mol. The first kappa shape index (κ1) is 13.7. The van der Waals surface area contributed by atoms with Crippen LogP contribution >= 0.6 is 11.3 Å². The van der Waals surface area contributed by atoms with E-state index in [9.17, 15) is 4.79 Å². The van der Waals surface area contributed by atoms with Crippen LogP contribution in [-0.4, -0.2) is 44.8 Å². The summed E-state index contributed by atoms with van der Waals surface area (Å²) in [6.45, 7) is 8.51. The van der Waals surface area contributed by atoms with Crippen LogP contribution < -0.4 is 5.56 Å². The molecule has 3 rings (SSSR count). The Morgan fingerprint density at radius 2 is 2.10 bits per heavy atom. The minimum atomic E-state index is -0.112. The average Bonchev–Trinajstić information content (AvgIpc) is 2.70. The Morgan fingerprint density at radius 3 is 2.80 bits per heavy atom. The molecule has 2 atom stereocenters. The lowest BCUT2D eigenvalue weighted by atomic mass is 10.2. The number of hydrogen-bond donors (Lipinski definition) is 0. The summed E-state index contributed by atoms with van der Waals surface area (Å²) in [5.74, 6) is 0. The molecule has 0 radical (unpaired) electrons. The van der Waals surface area contributed by atoms with Gasteiger partial charge in [0.15, 0.2) is 0 Å². The Balaban J connectivity index is 1.84. The summed E-state index contributed by atoms with van der Waals surface area (Å²) >= 11 is 1.48. The molecule has 0 saturated carbocycles. The Kier molecular flexibility index (Phi) is 3.57. The van der Waals surface area contributed by atoms with Crippen LogP contribution in [0.3, 0.4) is 0 Å². The molecule has 1 aliphatic rings. The molecule has 3 heterocycles. The van der Waals surface area contributed by atoms with Crippen LogP contribution in [0.5, 0.6) is 0 Å². The largest absolute Gasteiger partial charge is 0.373 e. The van der Waals surface area contributed by atoms with Crippen molar-refractivity contribution >= 4 is 16.3 Å². The summed E-state index contributed by atoms with van der Waals surface area (Å²) in [5, 5.41) is 5.29. The van der Waals surface area contributed by atoms with Gasteiger partial charge in [-0.15, -0.1) is 0 Å². The molecule has 0 aliphatic carbocycles. The molecule has 20 heavy (non-hydrogen) atoms. The molecule has 108 valence electrons. The minimum absolute atomic E-state index is 0.112. The van der Waals surface area contributed by atoms with Crippen molar-refractivity contribution in [2.75, 3.05) is 13.1 Å². The second kappa shape index (κ2) is 5.23. The van der Waals surface area contributed by atoms with E-state index >= 15 is 0 Å². The van der Waals surface area contributed by atoms with E-state index in [0.29, 0.717) is 4.96 Å². The predicted molar refractivity (Wildman–Crippen MR) is 77.2 cm³/mol. The first-order chi connectivity index (χ1) is 9.51. The van der Waals surface area contributed by atoms with Gasteiger partial charge in [0.2, 0.25) is 4.96 Å². The fourth-order valence-electron chi connectivity index (χ4n) is 2.63. The molecule has 1 fully saturated rings. The molecule has 0 N–H and O–H groups in total. The minimum Gasteiger partial charge on any atom is -0.373 e. The van der Waals surface area contributed by atoms with E-state index < -0.39 is 0 Å². The van der Waals surface area contributed by atoms with Gasteiger partial charge in [-0.25, -0.2) is 4.98 Å². The van der Waals surface area contributed by atoms with Crippen molar-refractivity contribution in [3.8, 4) is 0 Å². The van der Waals surface area contributed by atoms with Crippen LogP contribution in [0, 0.1) is 6.92 Å². The lowest BCUT2D eigenvalue weighted by molar-refractivity contribution is -0.0705. The van der Waals surface area contributed by atoms with Gasteiger partial charge in [-0.1, -0.05) is 11.3 Å². The standard InChI is InChI=1S/C13H18N4O2S/c1-8-4-12(18)17-13(14-8)20-11(15-17)7-16-5-9(2)19-10(3)6-16/h4,9-10H,5-7H2,1-3H3/t9-,10+. The van der Waals surface area contributed by atoms with Crippen LogP contribution in [0.15, 0.2) is 10.9 Å². The molecule has 0 bridgehead atoms. The smallest absolute Gasteiger partial charge is 0.275 e. The number of aryl methyl sites for hydroxylation is 1. The average molecular weight is 294 g/mol. The first-order valence-electron chi connectivity index (χ1n) is 6.75. The maximum absolute atomic E-state index is 11.8. The van der Waals surface area contributed by atoms with Gasteiger partial charge in [-0.05, 0) is 20.8 Å². The van der Waals surface area contributed by atoms with Crippen molar-refractivity contribution in [1.82, 2.24) is 19.5 Å². The summed E-state index contributed by atoms with van der Waals surface area (Å²) in [6, 6.07) is 1.51. The van der Waals surface area contributed by atoms with Gasteiger partial charge in [0.1, 0.15) is 5.01 Å². The van der Waals surface area contributed by atoms with Gasteiger partial charge in [-0.3, -0.25) is 9.69 Å². The van der Waals surface area contributed by atoms with Crippen molar-refractivity contribution in [3.63, 3.8) is 0 Å². The number of aromatic nitrogens is 3. The van der Waals surface area contributed by atoms with Gasteiger partial charge < -0.3 is 4.74 Å². The van der Waals surface area contributed by atoms with Gasteiger partial charge >= 0.3 is 0 Å². The SMILES string of the molecule is Cc1cc(=O)n2nc(CN3C[C@@H](C)O[C@@H](C)C3)sc2n1. The monoisotopic (exact) mass is 294 g/mol. The van der Waals surface area contributed by atoms with Crippen LogP contribution in [0.25, 0.3) is 4.96 Å². The molecule has 0 unspecified atom stereocenters. The normalized spacial score (nSPS) is 24.4. The van der Waals surface area contributed by atoms with Crippen LogP contribution in [0.4, 0.5) is 0 Å². The maximum atomic E-state index is 11.8. The fraction of sp³-hybridized carbons (Fsp3) is 0.615. The molecule has 0 aromatic carbocycles. The number of rotatable bonds is 2. The highest BCUT2D eigenvalue weighted by Gasteiger charge is 2.23. The van der Waals surface area contributed by atoms with Crippen molar-refractivity contribution < 1.29 is 4.74 Å². The molecule has 2 aromatic rings. The zero-order valence-electron chi connectivity index (χ0n) is 11.9. The highest BCUT2D eigenvalue weighted by atomic mass is 32.1. The molecule has 0 spiro atoms. The quantitative estimate of drug-likeness (QED) is 0.829. The zero-order chi connectivity index (χ0) is 14.3. The van der Waals surface area contributed by atoms with E-state index in [-0.39, 0.29) is 17.8 Å². The molecule has 0 amide bonds. The molecular formula is C13H18N4O2S. The Labute approximate surface area is 121 Å². The third-order valence-electron chi connectivity index (χ3n) is 3.27. The lowest BCUT2D eigenvalue weighted by Gasteiger charge is -2.34. The number of nitrogens with zero attached hydrogens (tertiary/aromatic N) is 4. The van der Waals surface area contributed by atoms with Crippen molar-refractivity contribution in [1.29, 1.82) is 0 Å². The molecule has 6 nitrogen and oxygen atoms in total. The Morgan fingerprint density at radius 1 is 1.40 bits per heavy atom. The van der Waals surface area contributed by atoms with Crippen LogP contribution in [0.1, 0.15) is 24.5 Å². The van der Waals surface area contributed by atoms with Gasteiger partial charge in [0.25, 0.3) is 5.56 Å². The number of ether oxygens (including phenoxy) is 1. The molecule has 2 aromatic heterocycles. The number of morpholine rings is 1. The second-order valence-corrected chi connectivity index (χ2v) is 6.42. The summed E-state index contributed by atoms with van der Waals surface area (Å²) in [5.41, 5.74) is 0.623. The molecule has 1 aliphatic heterocycles.